The van der Waals surface area contributed by atoms with Gasteiger partial charge in [-0.3, -0.25) is 14.4 Å². The molecule has 1 saturated carbocycles. The predicted octanol–water partition coefficient (Wildman–Crippen LogP) is 8.03. The second kappa shape index (κ2) is 11.8. The predicted molar refractivity (Wildman–Crippen MR) is 165 cm³/mol. The van der Waals surface area contributed by atoms with Crippen LogP contribution in [0.15, 0.2) is 46.3 Å². The van der Waals surface area contributed by atoms with E-state index >= 15 is 9.59 Å². The summed E-state index contributed by atoms with van der Waals surface area (Å²) >= 11 is 0. The van der Waals surface area contributed by atoms with Crippen molar-refractivity contribution in [1.29, 1.82) is 0 Å². The van der Waals surface area contributed by atoms with Gasteiger partial charge in [0.25, 0.3) is 0 Å². The number of carbonyl (C=O) groups excluding carboxylic acids is 3. The van der Waals surface area contributed by atoms with Gasteiger partial charge in [0.1, 0.15) is 11.9 Å². The lowest BCUT2D eigenvalue weighted by molar-refractivity contribution is -0.181. The molecule has 228 valence electrons. The van der Waals surface area contributed by atoms with Crippen molar-refractivity contribution >= 4 is 17.3 Å². The summed E-state index contributed by atoms with van der Waals surface area (Å²) < 4.78 is 6.48. The fourth-order valence-electron chi connectivity index (χ4n) is 7.45. The standard InChI is InChI=1S/C36H54O5/c1-12-25(8)29(37)36-30(38)27-20-28(33(9,10)40)41-31(27)35(32(36)39,19-17-24(6)7)21-26(16-15-23(4)5)34(36,11)18-13-14-22(2)3/h14-15,17,25-26,28,40H,12-13,16,18-21H2,1-11H3/t25-,26-,28+,34+,35+,36-/m1/s1. The van der Waals surface area contributed by atoms with Crippen LogP contribution < -0.4 is 0 Å². The molecular weight excluding hydrogens is 512 g/mol. The molecule has 2 bridgehead atoms. The first-order chi connectivity index (χ1) is 18.9. The van der Waals surface area contributed by atoms with Crippen molar-refractivity contribution in [2.75, 3.05) is 0 Å². The summed E-state index contributed by atoms with van der Waals surface area (Å²) in [6, 6.07) is 0. The van der Waals surface area contributed by atoms with Gasteiger partial charge in [-0.25, -0.2) is 0 Å². The van der Waals surface area contributed by atoms with E-state index in [9.17, 15) is 9.90 Å². The SMILES string of the molecule is CC[C@@H](C)C(=O)[C@]12C(=O)C3=C(O[C@H](C(C)(C)O)C3)[C@](CC=C(C)C)(C[C@@H](CC=C(C)C)[C@]1(C)CCC=C(C)C)C2=O. The quantitative estimate of drug-likeness (QED) is 0.202. The maximum absolute atomic E-state index is 15.4. The number of hydrogen-bond acceptors (Lipinski definition) is 5. The van der Waals surface area contributed by atoms with E-state index < -0.39 is 33.9 Å². The minimum atomic E-state index is -1.79. The molecule has 1 N–H and O–H groups in total. The zero-order valence-electron chi connectivity index (χ0n) is 27.5. The van der Waals surface area contributed by atoms with Crippen molar-refractivity contribution in [2.45, 2.75) is 133 Å². The van der Waals surface area contributed by atoms with Crippen molar-refractivity contribution in [3.63, 3.8) is 0 Å². The third-order valence-electron chi connectivity index (χ3n) is 10.2. The van der Waals surface area contributed by atoms with E-state index in [1.165, 1.54) is 11.1 Å². The average molecular weight is 567 g/mol. The maximum atomic E-state index is 15.4. The summed E-state index contributed by atoms with van der Waals surface area (Å²) in [5.41, 5.74) is -1.14. The minimum absolute atomic E-state index is 0.0954. The Morgan fingerprint density at radius 1 is 1.05 bits per heavy atom. The molecule has 5 heteroatoms. The van der Waals surface area contributed by atoms with E-state index in [-0.39, 0.29) is 29.7 Å². The first kappa shape index (κ1) is 33.2. The Balaban J connectivity index is 2.45. The molecule has 0 spiro atoms. The number of ketones is 3. The minimum Gasteiger partial charge on any atom is -0.490 e. The molecule has 41 heavy (non-hydrogen) atoms. The maximum Gasteiger partial charge on any atom is 0.184 e. The molecule has 1 fully saturated rings. The smallest absolute Gasteiger partial charge is 0.184 e. The van der Waals surface area contributed by atoms with Gasteiger partial charge in [0.05, 0.1) is 11.0 Å². The second-order valence-electron chi connectivity index (χ2n) is 14.6. The van der Waals surface area contributed by atoms with Crippen LogP contribution in [0.5, 0.6) is 0 Å². The van der Waals surface area contributed by atoms with Crippen molar-refractivity contribution in [1.82, 2.24) is 0 Å². The van der Waals surface area contributed by atoms with Crippen LogP contribution in [0.4, 0.5) is 0 Å². The monoisotopic (exact) mass is 566 g/mol. The first-order valence-electron chi connectivity index (χ1n) is 15.6. The highest BCUT2D eigenvalue weighted by atomic mass is 16.5. The molecule has 0 unspecified atom stereocenters. The largest absolute Gasteiger partial charge is 0.490 e. The second-order valence-corrected chi connectivity index (χ2v) is 14.6. The van der Waals surface area contributed by atoms with Gasteiger partial charge in [-0.2, -0.15) is 0 Å². The zero-order chi connectivity index (χ0) is 31.1. The van der Waals surface area contributed by atoms with Gasteiger partial charge in [0.15, 0.2) is 22.8 Å². The number of aliphatic hydroxyl groups is 1. The highest BCUT2D eigenvalue weighted by Crippen LogP contribution is 2.69. The molecule has 0 aromatic heterocycles. The van der Waals surface area contributed by atoms with Gasteiger partial charge in [0.2, 0.25) is 0 Å². The Kier molecular flexibility index (Phi) is 9.55. The van der Waals surface area contributed by atoms with Crippen LogP contribution in [0.1, 0.15) is 121 Å². The van der Waals surface area contributed by atoms with Crippen LogP contribution in [0, 0.1) is 28.1 Å². The number of Topliss-reactive ketones (excluding diaryl/α,β-unsaturated/α-hetero) is 3. The normalized spacial score (nSPS) is 31.7. The number of allylic oxidation sites excluding steroid dienone is 7. The molecule has 0 amide bonds. The first-order valence-corrected chi connectivity index (χ1v) is 15.6. The number of rotatable bonds is 11. The molecule has 0 radical (unpaired) electrons. The lowest BCUT2D eigenvalue weighted by Crippen LogP contribution is -2.70. The fourth-order valence-corrected chi connectivity index (χ4v) is 7.45. The van der Waals surface area contributed by atoms with Gasteiger partial charge in [0, 0.05) is 17.9 Å². The van der Waals surface area contributed by atoms with E-state index in [4.69, 9.17) is 4.74 Å². The molecule has 6 atom stereocenters. The summed E-state index contributed by atoms with van der Waals surface area (Å²) in [5.74, 6) is -1.01. The molecule has 0 saturated heterocycles. The van der Waals surface area contributed by atoms with E-state index in [0.29, 0.717) is 49.9 Å². The van der Waals surface area contributed by atoms with Gasteiger partial charge in [-0.05, 0) is 105 Å². The van der Waals surface area contributed by atoms with E-state index in [2.05, 4.69) is 45.9 Å². The Labute approximate surface area is 248 Å². The average Bonchev–Trinajstić information content (AvgIpc) is 3.33. The topological polar surface area (TPSA) is 80.7 Å². The third-order valence-corrected chi connectivity index (χ3v) is 10.2. The summed E-state index contributed by atoms with van der Waals surface area (Å²) in [5, 5.41) is 11.0. The summed E-state index contributed by atoms with van der Waals surface area (Å²) in [4.78, 5) is 45.2. The number of fused-ring (bicyclic) bond motifs is 3. The zero-order valence-corrected chi connectivity index (χ0v) is 27.5. The van der Waals surface area contributed by atoms with Crippen LogP contribution >= 0.6 is 0 Å². The van der Waals surface area contributed by atoms with Crippen molar-refractivity contribution < 1.29 is 24.2 Å². The van der Waals surface area contributed by atoms with Crippen LogP contribution in [0.3, 0.4) is 0 Å². The molecule has 1 heterocycles. The van der Waals surface area contributed by atoms with E-state index in [1.54, 1.807) is 13.8 Å². The molecule has 3 rings (SSSR count). The molecule has 0 aromatic rings. The Morgan fingerprint density at radius 2 is 1.63 bits per heavy atom. The van der Waals surface area contributed by atoms with Crippen molar-refractivity contribution in [3.05, 3.63) is 46.3 Å². The number of hydrogen-bond donors (Lipinski definition) is 1. The van der Waals surface area contributed by atoms with E-state index in [0.717, 1.165) is 5.57 Å². The number of carbonyl (C=O) groups is 3. The fraction of sp³-hybridized carbons (Fsp3) is 0.694. The van der Waals surface area contributed by atoms with Gasteiger partial charge < -0.3 is 9.84 Å². The lowest BCUT2D eigenvalue weighted by atomic mass is 9.38. The van der Waals surface area contributed by atoms with E-state index in [1.807, 2.05) is 34.6 Å². The summed E-state index contributed by atoms with van der Waals surface area (Å²) in [6.07, 6.45) is 9.33. The molecule has 0 aromatic carbocycles. The molecule has 3 aliphatic rings. The molecule has 2 aliphatic carbocycles. The summed E-state index contributed by atoms with van der Waals surface area (Å²) in [6.45, 7) is 21.5. The third kappa shape index (κ3) is 5.48. The van der Waals surface area contributed by atoms with Crippen LogP contribution in [-0.4, -0.2) is 34.2 Å². The highest BCUT2D eigenvalue weighted by Gasteiger charge is 2.77. The van der Waals surface area contributed by atoms with Crippen LogP contribution in [-0.2, 0) is 19.1 Å². The molecule has 1 aliphatic heterocycles. The van der Waals surface area contributed by atoms with Gasteiger partial charge in [-0.1, -0.05) is 55.7 Å². The van der Waals surface area contributed by atoms with Gasteiger partial charge >= 0.3 is 0 Å². The Morgan fingerprint density at radius 3 is 2.15 bits per heavy atom. The van der Waals surface area contributed by atoms with Crippen molar-refractivity contribution in [3.8, 4) is 0 Å². The lowest BCUT2D eigenvalue weighted by Gasteiger charge is -2.61. The summed E-state index contributed by atoms with van der Waals surface area (Å²) in [7, 11) is 0. The van der Waals surface area contributed by atoms with Crippen LogP contribution in [0.2, 0.25) is 0 Å². The Bertz CT molecular complexity index is 1190. The highest BCUT2D eigenvalue weighted by molar-refractivity contribution is 6.33. The number of ether oxygens (including phenoxy) is 1. The van der Waals surface area contributed by atoms with Crippen molar-refractivity contribution in [2.24, 2.45) is 28.1 Å². The Hall–Kier alpha value is -2.27. The molecular formula is C36H54O5. The molecule has 5 nitrogen and oxygen atoms in total. The van der Waals surface area contributed by atoms with Gasteiger partial charge in [-0.15, -0.1) is 0 Å². The van der Waals surface area contributed by atoms with Crippen LogP contribution in [0.25, 0.3) is 0 Å².